The normalized spacial score (nSPS) is 11.0. The van der Waals surface area contributed by atoms with Gasteiger partial charge in [0.15, 0.2) is 0 Å². The highest BCUT2D eigenvalue weighted by atomic mass is 15.0. The van der Waals surface area contributed by atoms with Crippen LogP contribution in [0.25, 0.3) is 11.0 Å². The van der Waals surface area contributed by atoms with E-state index in [-0.39, 0.29) is 0 Å². The Labute approximate surface area is 89.9 Å². The molecule has 2 aromatic rings. The number of nitrogens with zero attached hydrogens (tertiary/aromatic N) is 3. The zero-order chi connectivity index (χ0) is 10.5. The summed E-state index contributed by atoms with van der Waals surface area (Å²) in [4.78, 5) is 4.33. The topological polar surface area (TPSA) is 40.1 Å². The second kappa shape index (κ2) is 4.94. The summed E-state index contributed by atoms with van der Waals surface area (Å²) in [6.07, 6.45) is 4.96. The molecule has 0 saturated heterocycles. The van der Waals surface area contributed by atoms with E-state index in [0.29, 0.717) is 6.54 Å². The average Bonchev–Trinajstić information content (AvgIpc) is 2.68. The summed E-state index contributed by atoms with van der Waals surface area (Å²) < 4.78 is 2.17. The number of hydrogen-bond acceptors (Lipinski definition) is 1. The minimum Gasteiger partial charge on any atom is -0.331 e. The second-order valence-electron chi connectivity index (χ2n) is 3.71. The Morgan fingerprint density at radius 1 is 1.13 bits per heavy atom. The fourth-order valence-corrected chi connectivity index (χ4v) is 1.76. The first-order valence-corrected chi connectivity index (χ1v) is 5.42. The van der Waals surface area contributed by atoms with Crippen LogP contribution in [0.2, 0.25) is 0 Å². The fraction of sp³-hybridized carbons (Fsp3) is 0.417. The van der Waals surface area contributed by atoms with Gasteiger partial charge in [0.05, 0.1) is 17.4 Å². The van der Waals surface area contributed by atoms with Gasteiger partial charge in [-0.2, -0.15) is 0 Å². The van der Waals surface area contributed by atoms with Gasteiger partial charge in [-0.25, -0.2) is 4.98 Å². The predicted molar refractivity (Wildman–Crippen MR) is 60.6 cm³/mol. The third-order valence-electron chi connectivity index (χ3n) is 2.58. The number of imidazole rings is 1. The number of fused-ring (bicyclic) bond motifs is 1. The molecule has 78 valence electrons. The minimum atomic E-state index is 0.296. The summed E-state index contributed by atoms with van der Waals surface area (Å²) in [5.74, 6) is 0. The van der Waals surface area contributed by atoms with Crippen molar-refractivity contribution < 1.29 is 0 Å². The number of rotatable bonds is 5. The molecule has 15 heavy (non-hydrogen) atoms. The Morgan fingerprint density at radius 2 is 2.00 bits per heavy atom. The number of hydrogen-bond donors (Lipinski definition) is 0. The van der Waals surface area contributed by atoms with Crippen LogP contribution in [-0.4, -0.2) is 16.1 Å². The lowest BCUT2D eigenvalue weighted by Crippen LogP contribution is -1.96. The van der Waals surface area contributed by atoms with Gasteiger partial charge >= 0.3 is 0 Å². The molecule has 0 aliphatic rings. The van der Waals surface area contributed by atoms with E-state index >= 15 is 0 Å². The lowest BCUT2D eigenvalue weighted by atomic mass is 10.2. The van der Waals surface area contributed by atoms with Crippen LogP contribution in [0.3, 0.4) is 0 Å². The number of aromatic nitrogens is 2. The van der Waals surface area contributed by atoms with Crippen molar-refractivity contribution in [2.75, 3.05) is 6.54 Å². The summed E-state index contributed by atoms with van der Waals surface area (Å²) in [5, 5.41) is 0. The molecule has 0 aliphatic carbocycles. The van der Waals surface area contributed by atoms with Crippen LogP contribution in [0.4, 0.5) is 0 Å². The molecule has 0 atom stereocenters. The number of benzene rings is 1. The molecule has 1 aromatic carbocycles. The van der Waals surface area contributed by atoms with Gasteiger partial charge in [-0.1, -0.05) is 18.6 Å². The van der Waals surface area contributed by atoms with E-state index in [1.807, 2.05) is 24.5 Å². The maximum Gasteiger partial charge on any atom is 0.0958 e. The second-order valence-corrected chi connectivity index (χ2v) is 3.71. The molecule has 0 saturated carbocycles. The van der Waals surface area contributed by atoms with Gasteiger partial charge in [0.2, 0.25) is 0 Å². The van der Waals surface area contributed by atoms with Gasteiger partial charge in [0.25, 0.3) is 0 Å². The molecule has 0 unspecified atom stereocenters. The molecule has 0 bridgehead atoms. The average molecular weight is 201 g/mol. The van der Waals surface area contributed by atoms with Gasteiger partial charge in [-0.3, -0.25) is 0 Å². The summed E-state index contributed by atoms with van der Waals surface area (Å²) in [5.41, 5.74) is 10.9. The molecule has 0 fully saturated rings. The SMILES string of the molecule is [N]CCCCCn1cnc2ccccc21. The van der Waals surface area contributed by atoms with Crippen LogP contribution in [0, 0.1) is 0 Å². The maximum absolute atomic E-state index is 8.68. The van der Waals surface area contributed by atoms with E-state index in [0.717, 1.165) is 31.3 Å². The monoisotopic (exact) mass is 201 g/mol. The molecule has 0 spiro atoms. The summed E-state index contributed by atoms with van der Waals surface area (Å²) in [7, 11) is 0. The first-order chi connectivity index (χ1) is 7.42. The van der Waals surface area contributed by atoms with Crippen molar-refractivity contribution in [1.82, 2.24) is 15.3 Å². The Kier molecular flexibility index (Phi) is 3.35. The predicted octanol–water partition coefficient (Wildman–Crippen LogP) is 2.28. The van der Waals surface area contributed by atoms with E-state index in [2.05, 4.69) is 15.6 Å². The lowest BCUT2D eigenvalue weighted by Gasteiger charge is -2.02. The molecular formula is C12H15N3. The first kappa shape index (κ1) is 10.2. The zero-order valence-electron chi connectivity index (χ0n) is 8.76. The molecule has 3 heteroatoms. The highest BCUT2D eigenvalue weighted by molar-refractivity contribution is 5.74. The van der Waals surface area contributed by atoms with E-state index in [1.54, 1.807) is 0 Å². The molecular weight excluding hydrogens is 186 g/mol. The van der Waals surface area contributed by atoms with Crippen LogP contribution in [0.1, 0.15) is 19.3 Å². The Morgan fingerprint density at radius 3 is 2.87 bits per heavy atom. The third kappa shape index (κ3) is 2.36. The standard InChI is InChI=1S/C12H15N3/c13-8-4-1-5-9-15-10-14-11-6-2-3-7-12(11)15/h2-3,6-7,10H,1,4-5,8-9H2. The largest absolute Gasteiger partial charge is 0.331 e. The minimum absolute atomic E-state index is 0.296. The Bertz CT molecular complexity index is 419. The van der Waals surface area contributed by atoms with E-state index in [4.69, 9.17) is 5.73 Å². The van der Waals surface area contributed by atoms with Gasteiger partial charge in [0, 0.05) is 13.1 Å². The van der Waals surface area contributed by atoms with Crippen molar-refractivity contribution in [3.05, 3.63) is 30.6 Å². The molecule has 3 nitrogen and oxygen atoms in total. The van der Waals surface area contributed by atoms with E-state index < -0.39 is 0 Å². The summed E-state index contributed by atoms with van der Waals surface area (Å²) in [6.45, 7) is 1.28. The highest BCUT2D eigenvalue weighted by Crippen LogP contribution is 2.12. The molecule has 0 N–H and O–H groups in total. The molecule has 0 aliphatic heterocycles. The molecule has 1 aromatic heterocycles. The Hall–Kier alpha value is -1.35. The number of aryl methyl sites for hydroxylation is 1. The van der Waals surface area contributed by atoms with E-state index in [9.17, 15) is 0 Å². The van der Waals surface area contributed by atoms with Crippen LogP contribution in [-0.2, 0) is 6.54 Å². The van der Waals surface area contributed by atoms with Gasteiger partial charge < -0.3 is 4.57 Å². The molecule has 1 heterocycles. The number of unbranched alkanes of at least 4 members (excludes halogenated alkanes) is 2. The molecule has 0 amide bonds. The maximum atomic E-state index is 8.68. The third-order valence-corrected chi connectivity index (χ3v) is 2.58. The smallest absolute Gasteiger partial charge is 0.0958 e. The van der Waals surface area contributed by atoms with Crippen molar-refractivity contribution in [3.63, 3.8) is 0 Å². The zero-order valence-corrected chi connectivity index (χ0v) is 8.76. The van der Waals surface area contributed by atoms with Crippen molar-refractivity contribution in [2.45, 2.75) is 25.8 Å². The van der Waals surface area contributed by atoms with Crippen molar-refractivity contribution in [3.8, 4) is 0 Å². The van der Waals surface area contributed by atoms with Gasteiger partial charge in [-0.05, 0) is 25.0 Å². The van der Waals surface area contributed by atoms with Gasteiger partial charge in [0.1, 0.15) is 0 Å². The van der Waals surface area contributed by atoms with Crippen LogP contribution < -0.4 is 5.73 Å². The lowest BCUT2D eigenvalue weighted by molar-refractivity contribution is 0.598. The van der Waals surface area contributed by atoms with Crippen LogP contribution in [0.5, 0.6) is 0 Å². The summed E-state index contributed by atoms with van der Waals surface area (Å²) >= 11 is 0. The van der Waals surface area contributed by atoms with E-state index in [1.165, 1.54) is 5.52 Å². The summed E-state index contributed by atoms with van der Waals surface area (Å²) in [6, 6.07) is 8.16. The molecule has 2 radical (unpaired) electrons. The highest BCUT2D eigenvalue weighted by Gasteiger charge is 2.00. The quantitative estimate of drug-likeness (QED) is 0.684. The van der Waals surface area contributed by atoms with Crippen LogP contribution in [0.15, 0.2) is 30.6 Å². The van der Waals surface area contributed by atoms with Crippen molar-refractivity contribution >= 4 is 11.0 Å². The van der Waals surface area contributed by atoms with Gasteiger partial charge in [-0.15, -0.1) is 5.73 Å². The molecule has 2 rings (SSSR count). The van der Waals surface area contributed by atoms with Crippen molar-refractivity contribution in [1.29, 1.82) is 0 Å². The Balaban J connectivity index is 2.02. The van der Waals surface area contributed by atoms with Crippen molar-refractivity contribution in [2.24, 2.45) is 0 Å². The number of para-hydroxylation sites is 2. The fourth-order valence-electron chi connectivity index (χ4n) is 1.76. The first-order valence-electron chi connectivity index (χ1n) is 5.42. The van der Waals surface area contributed by atoms with Crippen LogP contribution >= 0.6 is 0 Å².